The van der Waals surface area contributed by atoms with Gasteiger partial charge in [-0.05, 0) is 206 Å². The van der Waals surface area contributed by atoms with Gasteiger partial charge < -0.3 is 13.7 Å². The molecule has 430 valence electrons. The third kappa shape index (κ3) is 9.48. The van der Waals surface area contributed by atoms with Crippen LogP contribution >= 0.6 is 0 Å². The van der Waals surface area contributed by atoms with Gasteiger partial charge in [0.05, 0.1) is 33.1 Å². The molecule has 4 aliphatic carbocycles. The molecule has 4 heterocycles. The molecule has 6 nitrogen and oxygen atoms in total. The van der Waals surface area contributed by atoms with E-state index in [1.807, 2.05) is 36.4 Å². The third-order valence-electron chi connectivity index (χ3n) is 21.3. The number of benzene rings is 9. The topological polar surface area (TPSA) is 53.5 Å². The van der Waals surface area contributed by atoms with Crippen LogP contribution in [-0.2, 0) is 0 Å². The van der Waals surface area contributed by atoms with Gasteiger partial charge in [0.25, 0.3) is 0 Å². The molecule has 0 amide bonds. The summed E-state index contributed by atoms with van der Waals surface area (Å²) >= 11 is 0. The molecule has 13 aromatic rings. The molecular formula is C81H76N6. The minimum atomic E-state index is 0.636. The highest BCUT2D eigenvalue weighted by Crippen LogP contribution is 2.45. The Labute approximate surface area is 511 Å². The van der Waals surface area contributed by atoms with E-state index in [9.17, 15) is 0 Å². The maximum atomic E-state index is 5.13. The second-order valence-electron chi connectivity index (χ2n) is 26.4. The number of rotatable bonds is 10. The van der Waals surface area contributed by atoms with E-state index in [-0.39, 0.29) is 0 Å². The average Bonchev–Trinajstić information content (AvgIpc) is 1.86. The van der Waals surface area contributed by atoms with E-state index in [1.165, 1.54) is 227 Å². The largest absolute Gasteiger partial charge is 0.309 e. The van der Waals surface area contributed by atoms with Crippen LogP contribution in [0, 0.1) is 0 Å². The molecule has 0 bridgehead atoms. The molecule has 0 N–H and O–H groups in total. The minimum Gasteiger partial charge on any atom is -0.309 e. The molecule has 0 saturated heterocycles. The smallest absolute Gasteiger partial charge is 0.164 e. The Morgan fingerprint density at radius 3 is 0.793 bits per heavy atom. The van der Waals surface area contributed by atoms with Crippen molar-refractivity contribution in [2.24, 2.45) is 0 Å². The maximum Gasteiger partial charge on any atom is 0.164 e. The number of aromatic nitrogens is 6. The van der Waals surface area contributed by atoms with E-state index >= 15 is 0 Å². The Bertz CT molecular complexity index is 4290. The Morgan fingerprint density at radius 1 is 0.230 bits per heavy atom. The van der Waals surface area contributed by atoms with Crippen molar-refractivity contribution < 1.29 is 0 Å². The lowest BCUT2D eigenvalue weighted by molar-refractivity contribution is 0.444. The summed E-state index contributed by atoms with van der Waals surface area (Å²) in [6, 6.07) is 74.1. The van der Waals surface area contributed by atoms with Crippen molar-refractivity contribution in [1.82, 2.24) is 28.7 Å². The highest BCUT2D eigenvalue weighted by atomic mass is 15.0. The summed E-state index contributed by atoms with van der Waals surface area (Å²) in [6.45, 7) is 0. The van der Waals surface area contributed by atoms with E-state index < -0.39 is 0 Å². The molecule has 0 unspecified atom stereocenters. The van der Waals surface area contributed by atoms with Crippen LogP contribution in [0.1, 0.15) is 174 Å². The van der Waals surface area contributed by atoms with E-state index in [0.29, 0.717) is 41.1 Å². The number of nitrogens with zero attached hydrogens (tertiary/aromatic N) is 6. The fraction of sp³-hybridized carbons (Fsp3) is 0.296. The standard InChI is InChI=1S/C81H76N6/c1-7-19-53(20-8-1)60-33-41-73-67(47-60)68-48-61(54-21-9-2-10-22-54)34-42-74(68)86(73)65-39-45-77-71(51-65)72-52-66(87-75-43-35-62(55-23-11-3-12-24-55)49-69(75)70-50-63(36-44-76(70)87)56-25-13-4-14-26-56)40-46-78(72)85(77)64-37-31-59(32-38-64)81-83-79(57-27-15-5-16-28-57)82-80(84-81)58-29-17-6-18-30-58/h5-6,15-18,27-56H,1-4,7-14,19-26H2. The van der Waals surface area contributed by atoms with Gasteiger partial charge in [-0.25, -0.2) is 15.0 Å². The molecule has 9 aromatic carbocycles. The van der Waals surface area contributed by atoms with Crippen LogP contribution in [0.4, 0.5) is 0 Å². The summed E-state index contributed by atoms with van der Waals surface area (Å²) in [5.74, 6) is 4.51. The third-order valence-corrected chi connectivity index (χ3v) is 21.3. The first-order chi connectivity index (χ1) is 43.1. The zero-order valence-electron chi connectivity index (χ0n) is 50.1. The first-order valence-corrected chi connectivity index (χ1v) is 33.3. The quantitative estimate of drug-likeness (QED) is 0.137. The minimum absolute atomic E-state index is 0.636. The van der Waals surface area contributed by atoms with Crippen molar-refractivity contribution in [3.05, 3.63) is 216 Å². The first kappa shape index (κ1) is 52.7. The van der Waals surface area contributed by atoms with Gasteiger partial charge in [-0.2, -0.15) is 0 Å². The highest BCUT2D eigenvalue weighted by Gasteiger charge is 2.26. The fourth-order valence-electron chi connectivity index (χ4n) is 16.7. The fourth-order valence-corrected chi connectivity index (χ4v) is 16.7. The molecule has 87 heavy (non-hydrogen) atoms. The summed E-state index contributed by atoms with van der Waals surface area (Å²) in [5.41, 5.74) is 19.9. The van der Waals surface area contributed by atoms with Crippen LogP contribution in [0.25, 0.3) is 117 Å². The van der Waals surface area contributed by atoms with Crippen molar-refractivity contribution in [2.75, 3.05) is 0 Å². The van der Waals surface area contributed by atoms with Gasteiger partial charge in [0.15, 0.2) is 17.5 Å². The summed E-state index contributed by atoms with van der Waals surface area (Å²) in [7, 11) is 0. The first-order valence-electron chi connectivity index (χ1n) is 33.3. The van der Waals surface area contributed by atoms with Gasteiger partial charge in [0.2, 0.25) is 0 Å². The normalized spacial score (nSPS) is 17.0. The monoisotopic (exact) mass is 1130 g/mol. The summed E-state index contributed by atoms with van der Waals surface area (Å²) in [6.07, 6.45) is 26.5. The molecule has 0 spiro atoms. The lowest BCUT2D eigenvalue weighted by Crippen LogP contribution is -2.04. The van der Waals surface area contributed by atoms with E-state index in [1.54, 1.807) is 0 Å². The van der Waals surface area contributed by atoms with Crippen LogP contribution in [-0.4, -0.2) is 28.7 Å². The van der Waals surface area contributed by atoms with Crippen molar-refractivity contribution in [3.8, 4) is 51.2 Å². The molecule has 0 radical (unpaired) electrons. The second-order valence-corrected chi connectivity index (χ2v) is 26.4. The van der Waals surface area contributed by atoms with Gasteiger partial charge in [0.1, 0.15) is 0 Å². The van der Waals surface area contributed by atoms with Crippen molar-refractivity contribution in [3.63, 3.8) is 0 Å². The number of hydrogen-bond acceptors (Lipinski definition) is 3. The molecule has 4 aromatic heterocycles. The summed E-state index contributed by atoms with van der Waals surface area (Å²) < 4.78 is 7.66. The van der Waals surface area contributed by atoms with Gasteiger partial charge in [0, 0.05) is 66.1 Å². The lowest BCUT2D eigenvalue weighted by atomic mass is 9.83. The number of hydrogen-bond donors (Lipinski definition) is 0. The second kappa shape index (κ2) is 22.3. The molecule has 6 heteroatoms. The molecular weight excluding hydrogens is 1060 g/mol. The predicted octanol–water partition coefficient (Wildman–Crippen LogP) is 22.4. The van der Waals surface area contributed by atoms with Crippen LogP contribution in [0.3, 0.4) is 0 Å². The van der Waals surface area contributed by atoms with Crippen LogP contribution in [0.15, 0.2) is 194 Å². The zero-order chi connectivity index (χ0) is 57.4. The van der Waals surface area contributed by atoms with Crippen LogP contribution in [0.5, 0.6) is 0 Å². The van der Waals surface area contributed by atoms with Crippen LogP contribution in [0.2, 0.25) is 0 Å². The van der Waals surface area contributed by atoms with Gasteiger partial charge in [-0.15, -0.1) is 0 Å². The molecule has 4 fully saturated rings. The summed E-state index contributed by atoms with van der Waals surface area (Å²) in [4.78, 5) is 15.3. The molecule has 17 rings (SSSR count). The average molecular weight is 1130 g/mol. The van der Waals surface area contributed by atoms with Crippen LogP contribution < -0.4 is 0 Å². The van der Waals surface area contributed by atoms with Crippen molar-refractivity contribution in [1.29, 1.82) is 0 Å². The molecule has 4 aliphatic rings. The molecule has 0 atom stereocenters. The predicted molar refractivity (Wildman–Crippen MR) is 362 cm³/mol. The molecule has 0 aliphatic heterocycles. The van der Waals surface area contributed by atoms with E-state index in [4.69, 9.17) is 15.0 Å². The maximum absolute atomic E-state index is 5.13. The van der Waals surface area contributed by atoms with Crippen molar-refractivity contribution >= 4 is 65.4 Å². The Kier molecular flexibility index (Phi) is 13.5. The van der Waals surface area contributed by atoms with Gasteiger partial charge in [-0.1, -0.05) is 162 Å². The van der Waals surface area contributed by atoms with Gasteiger partial charge >= 0.3 is 0 Å². The zero-order valence-corrected chi connectivity index (χ0v) is 50.1. The lowest BCUT2D eigenvalue weighted by Gasteiger charge is -2.22. The number of fused-ring (bicyclic) bond motifs is 9. The van der Waals surface area contributed by atoms with Crippen molar-refractivity contribution in [2.45, 2.75) is 152 Å². The SMILES string of the molecule is c1ccc(-c2nc(-c3ccccc3)nc(-c3ccc(-n4c5ccc(-n6c7ccc(C8CCCCC8)cc7c7cc(C8CCCCC8)ccc76)cc5c5cc(-n6c7ccc(C8CCCCC8)cc7c7cc(C8CCCCC8)ccc76)ccc54)cc3)n2)cc1. The van der Waals surface area contributed by atoms with E-state index in [2.05, 4.69) is 171 Å². The molecule has 4 saturated carbocycles. The van der Waals surface area contributed by atoms with Gasteiger partial charge in [-0.3, -0.25) is 0 Å². The Morgan fingerprint density at radius 2 is 0.483 bits per heavy atom. The van der Waals surface area contributed by atoms with E-state index in [0.717, 1.165) is 22.4 Å². The Hall–Kier alpha value is -8.61. The highest BCUT2D eigenvalue weighted by molar-refractivity contribution is 6.14. The Balaban J connectivity index is 0.858. The summed E-state index contributed by atoms with van der Waals surface area (Å²) in [5, 5.41) is 8.04.